The Bertz CT molecular complexity index is 959. The first-order valence-corrected chi connectivity index (χ1v) is 9.03. The standard InChI is InChI=1S/C23H23NO3/c1-16(19-13-7-10-17-8-3-5-11-20(17)19)24-23(26)21-12-6-4-9-18(21)14-15-22(25)27-2/h3-13,16H,14-15H2,1-2H3,(H,24,26)/t16-/m1/s1. The lowest BCUT2D eigenvalue weighted by molar-refractivity contribution is -0.140. The minimum absolute atomic E-state index is 0.141. The van der Waals surface area contributed by atoms with E-state index in [0.717, 1.165) is 21.9 Å². The molecule has 0 unspecified atom stereocenters. The van der Waals surface area contributed by atoms with Crippen LogP contribution in [0.4, 0.5) is 0 Å². The molecule has 0 fully saturated rings. The highest BCUT2D eigenvalue weighted by molar-refractivity contribution is 5.96. The third-order valence-electron chi connectivity index (χ3n) is 4.73. The molecule has 3 rings (SSSR count). The molecule has 0 aliphatic rings. The summed E-state index contributed by atoms with van der Waals surface area (Å²) in [5.41, 5.74) is 2.51. The van der Waals surface area contributed by atoms with Gasteiger partial charge in [0.2, 0.25) is 0 Å². The highest BCUT2D eigenvalue weighted by Gasteiger charge is 2.16. The monoisotopic (exact) mass is 361 g/mol. The fraction of sp³-hybridized carbons (Fsp3) is 0.217. The van der Waals surface area contributed by atoms with Gasteiger partial charge in [-0.15, -0.1) is 0 Å². The first-order valence-electron chi connectivity index (χ1n) is 9.03. The van der Waals surface area contributed by atoms with Crippen LogP contribution in [0.3, 0.4) is 0 Å². The number of rotatable bonds is 6. The molecular weight excluding hydrogens is 338 g/mol. The van der Waals surface area contributed by atoms with Gasteiger partial charge in [-0.1, -0.05) is 60.7 Å². The molecule has 0 aliphatic carbocycles. The van der Waals surface area contributed by atoms with Crippen LogP contribution < -0.4 is 5.32 Å². The SMILES string of the molecule is COC(=O)CCc1ccccc1C(=O)N[C@H](C)c1cccc2ccccc12. The second-order valence-electron chi connectivity index (χ2n) is 6.50. The molecule has 0 radical (unpaired) electrons. The number of methoxy groups -OCH3 is 1. The summed E-state index contributed by atoms with van der Waals surface area (Å²) in [4.78, 5) is 24.3. The number of ether oxygens (including phenoxy) is 1. The summed E-state index contributed by atoms with van der Waals surface area (Å²) in [5.74, 6) is -0.426. The van der Waals surface area contributed by atoms with Gasteiger partial charge in [0.15, 0.2) is 0 Å². The van der Waals surface area contributed by atoms with Crippen LogP contribution in [0.25, 0.3) is 10.8 Å². The number of hydrogen-bond donors (Lipinski definition) is 1. The summed E-state index contributed by atoms with van der Waals surface area (Å²) >= 11 is 0. The molecule has 1 atom stereocenters. The number of amides is 1. The van der Waals surface area contributed by atoms with Crippen molar-refractivity contribution >= 4 is 22.6 Å². The molecule has 138 valence electrons. The number of aryl methyl sites for hydroxylation is 1. The van der Waals surface area contributed by atoms with Gasteiger partial charge in [-0.05, 0) is 41.3 Å². The minimum atomic E-state index is -0.283. The Labute approximate surface area is 159 Å². The zero-order chi connectivity index (χ0) is 19.2. The number of hydrogen-bond acceptors (Lipinski definition) is 3. The van der Waals surface area contributed by atoms with Gasteiger partial charge in [-0.2, -0.15) is 0 Å². The molecule has 1 N–H and O–H groups in total. The van der Waals surface area contributed by atoms with E-state index in [1.807, 2.05) is 49.4 Å². The first-order chi connectivity index (χ1) is 13.1. The van der Waals surface area contributed by atoms with E-state index in [1.165, 1.54) is 7.11 Å². The van der Waals surface area contributed by atoms with E-state index < -0.39 is 0 Å². The third kappa shape index (κ3) is 4.34. The Morgan fingerprint density at radius 1 is 0.963 bits per heavy atom. The van der Waals surface area contributed by atoms with Crippen LogP contribution in [0, 0.1) is 0 Å². The second kappa shape index (κ2) is 8.49. The Balaban J connectivity index is 1.80. The van der Waals surface area contributed by atoms with Gasteiger partial charge in [0.25, 0.3) is 5.91 Å². The predicted molar refractivity (Wildman–Crippen MR) is 107 cm³/mol. The summed E-state index contributed by atoms with van der Waals surface area (Å²) < 4.78 is 4.70. The molecule has 0 saturated carbocycles. The van der Waals surface area contributed by atoms with Gasteiger partial charge >= 0.3 is 5.97 Å². The van der Waals surface area contributed by atoms with Crippen LogP contribution in [-0.4, -0.2) is 19.0 Å². The summed E-state index contributed by atoms with van der Waals surface area (Å²) in [5, 5.41) is 5.37. The molecular formula is C23H23NO3. The average Bonchev–Trinajstić information content (AvgIpc) is 2.71. The third-order valence-corrected chi connectivity index (χ3v) is 4.73. The average molecular weight is 361 g/mol. The molecule has 1 amide bonds. The van der Waals surface area contributed by atoms with Crippen molar-refractivity contribution in [1.82, 2.24) is 5.32 Å². The van der Waals surface area contributed by atoms with Crippen molar-refractivity contribution in [1.29, 1.82) is 0 Å². The van der Waals surface area contributed by atoms with Crippen molar-refractivity contribution in [3.8, 4) is 0 Å². The molecule has 0 aliphatic heterocycles. The fourth-order valence-corrected chi connectivity index (χ4v) is 3.28. The molecule has 0 spiro atoms. The first kappa shape index (κ1) is 18.6. The van der Waals surface area contributed by atoms with Crippen LogP contribution in [0.1, 0.15) is 40.9 Å². The minimum Gasteiger partial charge on any atom is -0.469 e. The predicted octanol–water partition coefficient (Wildman–Crippen LogP) is 4.44. The Morgan fingerprint density at radius 3 is 2.48 bits per heavy atom. The molecule has 4 heteroatoms. The highest BCUT2D eigenvalue weighted by Crippen LogP contribution is 2.24. The molecule has 0 bridgehead atoms. The lowest BCUT2D eigenvalue weighted by Crippen LogP contribution is -2.27. The normalized spacial score (nSPS) is 11.8. The van der Waals surface area contributed by atoms with E-state index in [9.17, 15) is 9.59 Å². The molecule has 3 aromatic carbocycles. The lowest BCUT2D eigenvalue weighted by atomic mass is 9.98. The van der Waals surface area contributed by atoms with Crippen molar-refractivity contribution < 1.29 is 14.3 Å². The van der Waals surface area contributed by atoms with Crippen molar-refractivity contribution in [3.05, 3.63) is 83.4 Å². The van der Waals surface area contributed by atoms with E-state index in [1.54, 1.807) is 6.07 Å². The second-order valence-corrected chi connectivity index (χ2v) is 6.50. The zero-order valence-corrected chi connectivity index (χ0v) is 15.6. The summed E-state index contributed by atoms with van der Waals surface area (Å²) in [6, 6.07) is 21.5. The van der Waals surface area contributed by atoms with Gasteiger partial charge in [0.05, 0.1) is 13.2 Å². The van der Waals surface area contributed by atoms with Crippen molar-refractivity contribution in [2.75, 3.05) is 7.11 Å². The highest BCUT2D eigenvalue weighted by atomic mass is 16.5. The van der Waals surface area contributed by atoms with Gasteiger partial charge < -0.3 is 10.1 Å². The number of carbonyl (C=O) groups is 2. The van der Waals surface area contributed by atoms with Gasteiger partial charge in [0.1, 0.15) is 0 Å². The Hall–Kier alpha value is -3.14. The van der Waals surface area contributed by atoms with E-state index in [4.69, 9.17) is 4.74 Å². The van der Waals surface area contributed by atoms with E-state index in [2.05, 4.69) is 23.5 Å². The maximum absolute atomic E-state index is 12.9. The maximum Gasteiger partial charge on any atom is 0.305 e. The maximum atomic E-state index is 12.9. The molecule has 0 aromatic heterocycles. The van der Waals surface area contributed by atoms with Crippen LogP contribution in [0.2, 0.25) is 0 Å². The summed E-state index contributed by atoms with van der Waals surface area (Å²) in [6.45, 7) is 1.98. The Morgan fingerprint density at radius 2 is 1.67 bits per heavy atom. The topological polar surface area (TPSA) is 55.4 Å². The lowest BCUT2D eigenvalue weighted by Gasteiger charge is -2.18. The van der Waals surface area contributed by atoms with Crippen molar-refractivity contribution in [3.63, 3.8) is 0 Å². The summed E-state index contributed by atoms with van der Waals surface area (Å²) in [6.07, 6.45) is 0.721. The number of esters is 1. The quantitative estimate of drug-likeness (QED) is 0.661. The van der Waals surface area contributed by atoms with Crippen molar-refractivity contribution in [2.45, 2.75) is 25.8 Å². The molecule has 0 heterocycles. The molecule has 4 nitrogen and oxygen atoms in total. The molecule has 3 aromatic rings. The number of fused-ring (bicyclic) bond motifs is 1. The number of benzene rings is 3. The number of nitrogens with one attached hydrogen (secondary N) is 1. The summed E-state index contributed by atoms with van der Waals surface area (Å²) in [7, 11) is 1.37. The van der Waals surface area contributed by atoms with Crippen LogP contribution >= 0.6 is 0 Å². The fourth-order valence-electron chi connectivity index (χ4n) is 3.28. The number of carbonyl (C=O) groups excluding carboxylic acids is 2. The zero-order valence-electron chi connectivity index (χ0n) is 15.6. The van der Waals surface area contributed by atoms with Gasteiger partial charge in [-0.25, -0.2) is 0 Å². The van der Waals surface area contributed by atoms with E-state index in [-0.39, 0.29) is 24.3 Å². The van der Waals surface area contributed by atoms with Gasteiger partial charge in [0, 0.05) is 12.0 Å². The van der Waals surface area contributed by atoms with E-state index in [0.29, 0.717) is 12.0 Å². The Kier molecular flexibility index (Phi) is 5.87. The van der Waals surface area contributed by atoms with Crippen LogP contribution in [0.5, 0.6) is 0 Å². The van der Waals surface area contributed by atoms with Crippen LogP contribution in [-0.2, 0) is 16.0 Å². The smallest absolute Gasteiger partial charge is 0.305 e. The molecule has 27 heavy (non-hydrogen) atoms. The largest absolute Gasteiger partial charge is 0.469 e. The van der Waals surface area contributed by atoms with Crippen LogP contribution in [0.15, 0.2) is 66.7 Å². The van der Waals surface area contributed by atoms with Crippen molar-refractivity contribution in [2.24, 2.45) is 0 Å². The van der Waals surface area contributed by atoms with Gasteiger partial charge in [-0.3, -0.25) is 9.59 Å². The molecule has 0 saturated heterocycles. The van der Waals surface area contributed by atoms with E-state index >= 15 is 0 Å².